The van der Waals surface area contributed by atoms with Crippen molar-refractivity contribution in [3.8, 4) is 0 Å². The summed E-state index contributed by atoms with van der Waals surface area (Å²) in [5.41, 5.74) is 7.02. The van der Waals surface area contributed by atoms with Gasteiger partial charge in [0.05, 0.1) is 24.6 Å². The highest BCUT2D eigenvalue weighted by Gasteiger charge is 2.38. The van der Waals surface area contributed by atoms with Crippen LogP contribution < -0.4 is 16.0 Å². The smallest absolute Gasteiger partial charge is 0.475 e. The van der Waals surface area contributed by atoms with Gasteiger partial charge in [0.25, 0.3) is 0 Å². The lowest BCUT2D eigenvalue weighted by molar-refractivity contribution is -0.192. The van der Waals surface area contributed by atoms with Crippen LogP contribution in [0, 0.1) is 0 Å². The first-order valence-electron chi connectivity index (χ1n) is 13.9. The molecule has 4 heterocycles. The summed E-state index contributed by atoms with van der Waals surface area (Å²) in [6, 6.07) is 8.96. The maximum atomic E-state index is 10.6. The number of morpholine rings is 1. The minimum absolute atomic E-state index is 0.0785. The molecule has 0 spiro atoms. The number of rotatable bonds is 7. The Bertz CT molecular complexity index is 1340. The Balaban J connectivity index is 0.000000541. The van der Waals surface area contributed by atoms with Crippen molar-refractivity contribution in [2.45, 2.75) is 69.8 Å². The van der Waals surface area contributed by atoms with E-state index in [4.69, 9.17) is 32.0 Å². The number of anilines is 2. The molecule has 0 unspecified atom stereocenters. The molecule has 0 amide bonds. The molecule has 2 aliphatic heterocycles. The van der Waals surface area contributed by atoms with Crippen LogP contribution >= 0.6 is 11.6 Å². The first kappa shape index (κ1) is 32.7. The second-order valence-corrected chi connectivity index (χ2v) is 17.2. The van der Waals surface area contributed by atoms with Crippen molar-refractivity contribution in [1.82, 2.24) is 35.1 Å². The molecule has 12 nitrogen and oxygen atoms in total. The fourth-order valence-electron chi connectivity index (χ4n) is 5.16. The van der Waals surface area contributed by atoms with Crippen LogP contribution in [0.2, 0.25) is 24.7 Å². The number of alkyl halides is 3. The van der Waals surface area contributed by atoms with E-state index in [1.165, 1.54) is 5.56 Å². The van der Waals surface area contributed by atoms with Crippen LogP contribution in [0.1, 0.15) is 18.4 Å². The Morgan fingerprint density at radius 3 is 2.35 bits per heavy atom. The molecule has 4 N–H and O–H groups in total. The number of aliphatic carboxylic acids is 1. The number of carbonyl (C=O) groups is 1. The lowest BCUT2D eigenvalue weighted by atomic mass is 9.96. The highest BCUT2D eigenvalue weighted by atomic mass is 35.5. The number of piperidine rings is 1. The third-order valence-corrected chi connectivity index (χ3v) is 9.48. The van der Waals surface area contributed by atoms with Gasteiger partial charge >= 0.3 is 12.1 Å². The Labute approximate surface area is 253 Å². The van der Waals surface area contributed by atoms with Gasteiger partial charge in [0.1, 0.15) is 8.07 Å². The van der Waals surface area contributed by atoms with E-state index in [2.05, 4.69) is 73.3 Å². The largest absolute Gasteiger partial charge is 0.490 e. The van der Waals surface area contributed by atoms with Crippen LogP contribution in [-0.2, 0) is 22.5 Å². The number of hydrogen-bond donors (Lipinski definition) is 3. The molecule has 3 aromatic rings. The Hall–Kier alpha value is -3.21. The molecular weight excluding hydrogens is 607 g/mol. The van der Waals surface area contributed by atoms with Crippen LogP contribution in [0.25, 0.3) is 0 Å². The molecule has 17 heteroatoms. The number of nitrogens with one attached hydrogen (secondary N) is 1. The van der Waals surface area contributed by atoms with Crippen LogP contribution in [0.4, 0.5) is 25.1 Å². The minimum Gasteiger partial charge on any atom is -0.475 e. The zero-order valence-electron chi connectivity index (χ0n) is 24.3. The molecule has 0 saturated carbocycles. The van der Waals surface area contributed by atoms with Gasteiger partial charge in [-0.15, -0.1) is 15.3 Å². The molecular formula is C26H37ClF3N9O3Si. The van der Waals surface area contributed by atoms with Gasteiger partial charge in [-0.2, -0.15) is 13.2 Å². The zero-order chi connectivity index (χ0) is 31.4. The maximum absolute atomic E-state index is 10.6. The monoisotopic (exact) mass is 643 g/mol. The molecule has 0 radical (unpaired) electrons. The summed E-state index contributed by atoms with van der Waals surface area (Å²) < 4.78 is 40.1. The fourth-order valence-corrected chi connectivity index (χ4v) is 6.17. The summed E-state index contributed by atoms with van der Waals surface area (Å²) in [5, 5.41) is 26.0. The zero-order valence-corrected chi connectivity index (χ0v) is 26.0. The van der Waals surface area contributed by atoms with Crippen molar-refractivity contribution in [3.63, 3.8) is 0 Å². The van der Waals surface area contributed by atoms with Gasteiger partial charge < -0.3 is 20.5 Å². The fraction of sp³-hybridized carbons (Fsp3) is 0.577. The summed E-state index contributed by atoms with van der Waals surface area (Å²) in [6.45, 7) is 11.0. The molecule has 1 aromatic carbocycles. The summed E-state index contributed by atoms with van der Waals surface area (Å²) in [4.78, 5) is 16.9. The summed E-state index contributed by atoms with van der Waals surface area (Å²) in [6.07, 6.45) is 0.142. The van der Waals surface area contributed by atoms with Gasteiger partial charge in [0.2, 0.25) is 11.9 Å². The summed E-state index contributed by atoms with van der Waals surface area (Å²) >= 11 is 6.13. The Kier molecular flexibility index (Phi) is 10.3. The molecule has 0 bridgehead atoms. The van der Waals surface area contributed by atoms with Gasteiger partial charge in [-0.05, 0) is 37.0 Å². The van der Waals surface area contributed by atoms with E-state index in [-0.39, 0.29) is 6.10 Å². The van der Waals surface area contributed by atoms with Gasteiger partial charge in [0, 0.05) is 42.9 Å². The summed E-state index contributed by atoms with van der Waals surface area (Å²) in [5.74, 6) is -1.64. The average molecular weight is 644 g/mol. The standard InChI is InChI=1S/C24H36ClN9OSi.C2HF3O2/c1-36(2,3)22-15-33(31-28-22)13-21-14-34(20(16-35-21)12-17-4-6-18(25)7-5-17)19-8-10-32(11-9-19)24-27-23(26)29-30-24;3-2(4,5)1(6)7/h4-7,15,19-21H,8-14,16H2,1-3H3,(H3,26,27,29,30);(H,6,7)/t20-,21-;/m0./s1. The maximum Gasteiger partial charge on any atom is 0.490 e. The quantitative estimate of drug-likeness (QED) is 0.328. The summed E-state index contributed by atoms with van der Waals surface area (Å²) in [7, 11) is -1.49. The van der Waals surface area contributed by atoms with Crippen molar-refractivity contribution in [2.24, 2.45) is 0 Å². The molecule has 2 aliphatic rings. The van der Waals surface area contributed by atoms with Gasteiger partial charge in [-0.25, -0.2) is 4.79 Å². The number of H-pyrrole nitrogens is 1. The normalized spacial score (nSPS) is 20.5. The molecule has 5 rings (SSSR count). The van der Waals surface area contributed by atoms with E-state index in [0.29, 0.717) is 24.6 Å². The van der Waals surface area contributed by atoms with Crippen LogP contribution in [0.3, 0.4) is 0 Å². The topological polar surface area (TPSA) is 151 Å². The number of ether oxygens (including phenoxy) is 1. The van der Waals surface area contributed by atoms with Crippen molar-refractivity contribution >= 4 is 42.9 Å². The molecule has 236 valence electrons. The van der Waals surface area contributed by atoms with E-state index in [1.54, 1.807) is 0 Å². The number of nitrogens with zero attached hydrogens (tertiary/aromatic N) is 7. The van der Waals surface area contributed by atoms with Crippen molar-refractivity contribution < 1.29 is 27.8 Å². The lowest BCUT2D eigenvalue weighted by Crippen LogP contribution is -2.58. The van der Waals surface area contributed by atoms with Crippen molar-refractivity contribution in [1.29, 1.82) is 0 Å². The number of hydrogen-bond acceptors (Lipinski definition) is 9. The number of benzene rings is 1. The molecule has 43 heavy (non-hydrogen) atoms. The molecule has 2 atom stereocenters. The SMILES string of the molecule is C[Si](C)(C)c1cn(C[C@H]2CN(C3CCN(c4nnc(N)[nH]4)CC3)[C@@H](Cc3ccc(Cl)cc3)CO2)nn1.O=C(O)C(F)(F)F. The highest BCUT2D eigenvalue weighted by Crippen LogP contribution is 2.27. The number of nitrogens with two attached hydrogens (primary N) is 1. The molecule has 2 aromatic heterocycles. The van der Waals surface area contributed by atoms with Crippen molar-refractivity contribution in [2.75, 3.05) is 36.9 Å². The van der Waals surface area contributed by atoms with Crippen LogP contribution in [0.5, 0.6) is 0 Å². The number of nitrogen functional groups attached to an aromatic ring is 1. The lowest BCUT2D eigenvalue weighted by Gasteiger charge is -2.46. The number of halogens is 4. The molecule has 2 saturated heterocycles. The van der Waals surface area contributed by atoms with Gasteiger partial charge in [-0.1, -0.05) is 48.6 Å². The third-order valence-electron chi connectivity index (χ3n) is 7.46. The van der Waals surface area contributed by atoms with E-state index in [1.807, 2.05) is 16.8 Å². The van der Waals surface area contributed by atoms with Crippen LogP contribution in [0.15, 0.2) is 30.5 Å². The van der Waals surface area contributed by atoms with E-state index >= 15 is 0 Å². The van der Waals surface area contributed by atoms with E-state index in [9.17, 15) is 13.2 Å². The van der Waals surface area contributed by atoms with Gasteiger partial charge in [-0.3, -0.25) is 14.6 Å². The van der Waals surface area contributed by atoms with Crippen molar-refractivity contribution in [3.05, 3.63) is 41.0 Å². The van der Waals surface area contributed by atoms with E-state index < -0.39 is 20.2 Å². The second kappa shape index (κ2) is 13.6. The first-order valence-corrected chi connectivity index (χ1v) is 17.8. The predicted octanol–water partition coefficient (Wildman–Crippen LogP) is 2.79. The second-order valence-electron chi connectivity index (χ2n) is 11.8. The predicted molar refractivity (Wildman–Crippen MR) is 158 cm³/mol. The first-order chi connectivity index (χ1) is 20.2. The third kappa shape index (κ3) is 9.14. The molecule has 2 fully saturated rings. The Morgan fingerprint density at radius 1 is 1.16 bits per heavy atom. The van der Waals surface area contributed by atoms with E-state index in [0.717, 1.165) is 61.7 Å². The minimum atomic E-state index is -5.08. The number of aromatic nitrogens is 6. The number of aromatic amines is 1. The number of carboxylic acid groups (broad SMARTS) is 1. The Morgan fingerprint density at radius 2 is 1.81 bits per heavy atom. The van der Waals surface area contributed by atoms with Crippen LogP contribution in [-0.4, -0.2) is 105 Å². The number of carboxylic acids is 1. The molecule has 0 aliphatic carbocycles. The van der Waals surface area contributed by atoms with Gasteiger partial charge in [0.15, 0.2) is 0 Å². The average Bonchev–Trinajstić information content (AvgIpc) is 3.60. The highest BCUT2D eigenvalue weighted by molar-refractivity contribution is 6.88.